The van der Waals surface area contributed by atoms with Gasteiger partial charge >= 0.3 is 5.97 Å². The molecule has 1 unspecified atom stereocenters. The molecular weight excluding hydrogens is 392 g/mol. The third kappa shape index (κ3) is 4.63. The molecule has 0 bridgehead atoms. The maximum Gasteiger partial charge on any atom is 0.336 e. The molecule has 2 aromatic carbocycles. The summed E-state index contributed by atoms with van der Waals surface area (Å²) in [5.41, 5.74) is 4.01. The number of ether oxygens (including phenoxy) is 2. The highest BCUT2D eigenvalue weighted by Gasteiger charge is 2.38. The monoisotopic (exact) mass is 420 g/mol. The first-order valence-electron chi connectivity index (χ1n) is 10.1. The number of rotatable bonds is 6. The number of hydrogen-bond donors (Lipinski definition) is 1. The Balaban J connectivity index is 2.12. The Morgan fingerprint density at radius 3 is 2.19 bits per heavy atom. The molecule has 6 nitrogen and oxygen atoms in total. The summed E-state index contributed by atoms with van der Waals surface area (Å²) in [5, 5.41) is 3.18. The van der Waals surface area contributed by atoms with Gasteiger partial charge < -0.3 is 19.7 Å². The van der Waals surface area contributed by atoms with Crippen LogP contribution in [0.25, 0.3) is 0 Å². The summed E-state index contributed by atoms with van der Waals surface area (Å²) in [6.45, 7) is 4.03. The first-order chi connectivity index (χ1) is 14.8. The molecule has 1 heterocycles. The summed E-state index contributed by atoms with van der Waals surface area (Å²) < 4.78 is 11.2. The minimum atomic E-state index is -0.615. The largest absolute Gasteiger partial charge is 0.489 e. The van der Waals surface area contributed by atoms with Crippen molar-refractivity contribution in [3.05, 3.63) is 88.3 Å². The maximum absolute atomic E-state index is 13.2. The van der Waals surface area contributed by atoms with E-state index in [0.717, 1.165) is 11.1 Å². The third-order valence-electron chi connectivity index (χ3n) is 5.27. The van der Waals surface area contributed by atoms with Crippen molar-refractivity contribution in [3.63, 3.8) is 0 Å². The summed E-state index contributed by atoms with van der Waals surface area (Å²) in [6.07, 6.45) is 0. The number of amides is 1. The highest BCUT2D eigenvalue weighted by Crippen LogP contribution is 2.42. The fraction of sp³-hybridized carbons (Fsp3) is 0.280. The number of dihydropyridines is 1. The Bertz CT molecular complexity index is 1040. The van der Waals surface area contributed by atoms with Crippen LogP contribution in [-0.4, -0.2) is 38.0 Å². The van der Waals surface area contributed by atoms with Crippen molar-refractivity contribution in [2.45, 2.75) is 26.4 Å². The average Bonchev–Trinajstić information content (AvgIpc) is 2.77. The highest BCUT2D eigenvalue weighted by molar-refractivity contribution is 6.02. The maximum atomic E-state index is 13.2. The van der Waals surface area contributed by atoms with E-state index >= 15 is 0 Å². The van der Waals surface area contributed by atoms with Crippen LogP contribution >= 0.6 is 0 Å². The molecule has 0 aliphatic carbocycles. The van der Waals surface area contributed by atoms with Gasteiger partial charge in [-0.3, -0.25) is 4.79 Å². The quantitative estimate of drug-likeness (QED) is 0.721. The van der Waals surface area contributed by atoms with Gasteiger partial charge in [-0.05, 0) is 25.5 Å². The lowest BCUT2D eigenvalue weighted by molar-refractivity contribution is -0.136. The third-order valence-corrected chi connectivity index (χ3v) is 5.27. The van der Waals surface area contributed by atoms with Crippen molar-refractivity contribution in [3.8, 4) is 5.75 Å². The number of carbonyl (C=O) groups is 2. The minimum absolute atomic E-state index is 0.179. The van der Waals surface area contributed by atoms with Crippen LogP contribution in [0.15, 0.2) is 77.1 Å². The molecule has 1 atom stereocenters. The lowest BCUT2D eigenvalue weighted by Crippen LogP contribution is -2.36. The van der Waals surface area contributed by atoms with Crippen molar-refractivity contribution >= 4 is 11.9 Å². The van der Waals surface area contributed by atoms with Gasteiger partial charge in [-0.15, -0.1) is 0 Å². The number of carbonyl (C=O) groups excluding carboxylic acids is 2. The second kappa shape index (κ2) is 9.51. The summed E-state index contributed by atoms with van der Waals surface area (Å²) in [5.74, 6) is -0.661. The van der Waals surface area contributed by atoms with Gasteiger partial charge in [0.25, 0.3) is 5.91 Å². The number of methoxy groups -OCH3 is 1. The summed E-state index contributed by atoms with van der Waals surface area (Å²) >= 11 is 0. The van der Waals surface area contributed by atoms with Crippen molar-refractivity contribution < 1.29 is 19.1 Å². The van der Waals surface area contributed by atoms with E-state index < -0.39 is 11.9 Å². The van der Waals surface area contributed by atoms with E-state index in [9.17, 15) is 9.59 Å². The van der Waals surface area contributed by atoms with Gasteiger partial charge in [-0.1, -0.05) is 48.5 Å². The zero-order valence-electron chi connectivity index (χ0n) is 18.6. The molecule has 0 radical (unpaired) electrons. The van der Waals surface area contributed by atoms with Gasteiger partial charge in [0.2, 0.25) is 0 Å². The zero-order valence-corrected chi connectivity index (χ0v) is 18.6. The van der Waals surface area contributed by atoms with Crippen LogP contribution in [0.3, 0.4) is 0 Å². The lowest BCUT2D eigenvalue weighted by Gasteiger charge is -2.32. The molecule has 1 amide bonds. The molecule has 1 aliphatic heterocycles. The van der Waals surface area contributed by atoms with E-state index in [-0.39, 0.29) is 5.91 Å². The molecule has 0 aromatic heterocycles. The molecule has 0 fully saturated rings. The van der Waals surface area contributed by atoms with Gasteiger partial charge in [-0.2, -0.15) is 0 Å². The van der Waals surface area contributed by atoms with Crippen LogP contribution in [0, 0.1) is 0 Å². The SMILES string of the molecule is COC(=O)C1=C(C)NC(C)=C(C(=O)N(C)C)C1c1ccccc1OCc1ccccc1. The molecule has 2 aromatic rings. The van der Waals surface area contributed by atoms with E-state index in [1.807, 2.05) is 68.4 Å². The number of hydrogen-bond acceptors (Lipinski definition) is 5. The Hall–Kier alpha value is -3.54. The van der Waals surface area contributed by atoms with E-state index in [0.29, 0.717) is 34.9 Å². The lowest BCUT2D eigenvalue weighted by atomic mass is 9.79. The molecule has 1 aliphatic rings. The number of nitrogens with one attached hydrogen (secondary N) is 1. The summed E-state index contributed by atoms with van der Waals surface area (Å²) in [4.78, 5) is 27.5. The first kappa shape index (κ1) is 22.2. The number of para-hydroxylation sites is 1. The van der Waals surface area contributed by atoms with Crippen LogP contribution in [0.4, 0.5) is 0 Å². The molecule has 6 heteroatoms. The molecule has 0 saturated carbocycles. The number of allylic oxidation sites excluding steroid dienone is 2. The van der Waals surface area contributed by atoms with Crippen LogP contribution in [0.2, 0.25) is 0 Å². The van der Waals surface area contributed by atoms with Gasteiger partial charge in [0, 0.05) is 36.6 Å². The topological polar surface area (TPSA) is 67.9 Å². The highest BCUT2D eigenvalue weighted by atomic mass is 16.5. The smallest absolute Gasteiger partial charge is 0.336 e. The number of benzene rings is 2. The van der Waals surface area contributed by atoms with Crippen LogP contribution in [0.5, 0.6) is 5.75 Å². The Morgan fingerprint density at radius 1 is 0.935 bits per heavy atom. The van der Waals surface area contributed by atoms with Crippen molar-refractivity contribution in [2.75, 3.05) is 21.2 Å². The summed E-state index contributed by atoms with van der Waals surface area (Å²) in [7, 11) is 4.73. The number of likely N-dealkylation sites (N-methyl/N-ethyl adjacent to an activating group) is 1. The normalized spacial score (nSPS) is 16.0. The second-order valence-corrected chi connectivity index (χ2v) is 7.64. The molecule has 0 spiro atoms. The number of nitrogens with zero attached hydrogens (tertiary/aromatic N) is 1. The minimum Gasteiger partial charge on any atom is -0.489 e. The Morgan fingerprint density at radius 2 is 1.55 bits per heavy atom. The molecule has 0 saturated heterocycles. The standard InChI is InChI=1S/C25H28N2O4/c1-16-21(24(28)27(3)4)23(22(17(2)26-16)25(29)30-5)19-13-9-10-14-20(19)31-15-18-11-7-6-8-12-18/h6-14,23,26H,15H2,1-5H3. The molecule has 162 valence electrons. The molecule has 3 rings (SSSR count). The Kier molecular flexibility index (Phi) is 6.80. The molecular formula is C25H28N2O4. The fourth-order valence-corrected chi connectivity index (χ4v) is 3.80. The molecule has 31 heavy (non-hydrogen) atoms. The van der Waals surface area contributed by atoms with Gasteiger partial charge in [-0.25, -0.2) is 4.79 Å². The first-order valence-corrected chi connectivity index (χ1v) is 10.1. The predicted molar refractivity (Wildman–Crippen MR) is 119 cm³/mol. The van der Waals surface area contributed by atoms with Crippen molar-refractivity contribution in [1.82, 2.24) is 10.2 Å². The van der Waals surface area contributed by atoms with Gasteiger partial charge in [0.1, 0.15) is 12.4 Å². The Labute approximate surface area is 183 Å². The van der Waals surface area contributed by atoms with Crippen LogP contribution in [-0.2, 0) is 20.9 Å². The fourth-order valence-electron chi connectivity index (χ4n) is 3.80. The van der Waals surface area contributed by atoms with Crippen LogP contribution in [0.1, 0.15) is 30.9 Å². The summed E-state index contributed by atoms with van der Waals surface area (Å²) in [6, 6.07) is 17.4. The number of esters is 1. The zero-order chi connectivity index (χ0) is 22.5. The van der Waals surface area contributed by atoms with E-state index in [2.05, 4.69) is 5.32 Å². The van der Waals surface area contributed by atoms with E-state index in [1.54, 1.807) is 14.1 Å². The van der Waals surface area contributed by atoms with Crippen molar-refractivity contribution in [2.24, 2.45) is 0 Å². The van der Waals surface area contributed by atoms with Gasteiger partial charge in [0.15, 0.2) is 0 Å². The predicted octanol–water partition coefficient (Wildman–Crippen LogP) is 3.76. The van der Waals surface area contributed by atoms with Gasteiger partial charge in [0.05, 0.1) is 18.6 Å². The van der Waals surface area contributed by atoms with Crippen molar-refractivity contribution in [1.29, 1.82) is 0 Å². The second-order valence-electron chi connectivity index (χ2n) is 7.64. The van der Waals surface area contributed by atoms with Crippen LogP contribution < -0.4 is 10.1 Å². The average molecular weight is 421 g/mol. The van der Waals surface area contributed by atoms with E-state index in [1.165, 1.54) is 12.0 Å². The van der Waals surface area contributed by atoms with E-state index in [4.69, 9.17) is 9.47 Å². The molecule has 1 N–H and O–H groups in total.